The van der Waals surface area contributed by atoms with Crippen LogP contribution in [0.1, 0.15) is 23.7 Å². The van der Waals surface area contributed by atoms with Crippen molar-refractivity contribution in [1.29, 1.82) is 0 Å². The molecular formula is C13H15BrN2O4. The summed E-state index contributed by atoms with van der Waals surface area (Å²) in [6.45, 7) is 2.77. The number of carbonyl (C=O) groups is 1. The molecule has 1 heterocycles. The van der Waals surface area contributed by atoms with E-state index in [0.717, 1.165) is 6.42 Å². The van der Waals surface area contributed by atoms with Gasteiger partial charge in [-0.05, 0) is 41.4 Å². The molecule has 2 unspecified atom stereocenters. The predicted molar refractivity (Wildman–Crippen MR) is 76.5 cm³/mol. The highest BCUT2D eigenvalue weighted by Crippen LogP contribution is 2.27. The van der Waals surface area contributed by atoms with E-state index in [9.17, 15) is 20.0 Å². The first-order valence-electron chi connectivity index (χ1n) is 6.31. The van der Waals surface area contributed by atoms with E-state index in [2.05, 4.69) is 15.9 Å². The molecule has 1 aliphatic rings. The SMILES string of the molecule is CC(O)C1CCN(C(=O)c2ccc(Br)c([N+](=O)[O-])c2)C1. The molecule has 7 heteroatoms. The lowest BCUT2D eigenvalue weighted by Gasteiger charge is -2.17. The molecule has 6 nitrogen and oxygen atoms in total. The summed E-state index contributed by atoms with van der Waals surface area (Å²) in [5.74, 6) is -0.159. The Hall–Kier alpha value is -1.47. The topological polar surface area (TPSA) is 83.7 Å². The number of aliphatic hydroxyl groups excluding tert-OH is 1. The van der Waals surface area contributed by atoms with Gasteiger partial charge >= 0.3 is 0 Å². The van der Waals surface area contributed by atoms with Crippen molar-refractivity contribution in [3.8, 4) is 0 Å². The standard InChI is InChI=1S/C13H15BrN2O4/c1-8(17)10-4-5-15(7-10)13(18)9-2-3-11(14)12(6-9)16(19)20/h2-3,6,8,10,17H,4-5,7H2,1H3. The Balaban J connectivity index is 2.18. The van der Waals surface area contributed by atoms with E-state index in [0.29, 0.717) is 23.1 Å². The van der Waals surface area contributed by atoms with Crippen LogP contribution in [0.3, 0.4) is 0 Å². The van der Waals surface area contributed by atoms with Gasteiger partial charge in [-0.3, -0.25) is 14.9 Å². The molecule has 0 aromatic heterocycles. The fraction of sp³-hybridized carbons (Fsp3) is 0.462. The Kier molecular flexibility index (Phi) is 4.39. The molecule has 108 valence electrons. The zero-order chi connectivity index (χ0) is 14.9. The highest BCUT2D eigenvalue weighted by molar-refractivity contribution is 9.10. The quantitative estimate of drug-likeness (QED) is 0.674. The molecule has 0 radical (unpaired) electrons. The molecule has 1 aliphatic heterocycles. The Labute approximate surface area is 124 Å². The number of rotatable bonds is 3. The van der Waals surface area contributed by atoms with Gasteiger partial charge in [0.1, 0.15) is 0 Å². The van der Waals surface area contributed by atoms with Crippen LogP contribution in [0.5, 0.6) is 0 Å². The van der Waals surface area contributed by atoms with Crippen LogP contribution in [0.2, 0.25) is 0 Å². The molecule has 1 fully saturated rings. The fourth-order valence-corrected chi connectivity index (χ4v) is 2.73. The number of nitro groups is 1. The number of benzene rings is 1. The maximum atomic E-state index is 12.3. The molecule has 1 aromatic carbocycles. The van der Waals surface area contributed by atoms with Crippen LogP contribution in [0, 0.1) is 16.0 Å². The van der Waals surface area contributed by atoms with Crippen molar-refractivity contribution in [2.24, 2.45) is 5.92 Å². The minimum absolute atomic E-state index is 0.0735. The number of carbonyl (C=O) groups excluding carboxylic acids is 1. The number of halogens is 1. The fourth-order valence-electron chi connectivity index (χ4n) is 2.33. The van der Waals surface area contributed by atoms with Crippen LogP contribution in [0.4, 0.5) is 5.69 Å². The van der Waals surface area contributed by atoms with Crippen LogP contribution in [-0.2, 0) is 0 Å². The highest BCUT2D eigenvalue weighted by Gasteiger charge is 2.30. The van der Waals surface area contributed by atoms with Gasteiger partial charge in [-0.25, -0.2) is 0 Å². The van der Waals surface area contributed by atoms with Gasteiger partial charge < -0.3 is 10.0 Å². The molecule has 1 saturated heterocycles. The summed E-state index contributed by atoms with van der Waals surface area (Å²) in [6, 6.07) is 4.35. The second-order valence-corrected chi connectivity index (χ2v) is 5.82. The van der Waals surface area contributed by atoms with Gasteiger partial charge in [-0.2, -0.15) is 0 Å². The maximum absolute atomic E-state index is 12.3. The van der Waals surface area contributed by atoms with Gasteiger partial charge in [0, 0.05) is 30.6 Å². The Morgan fingerprint density at radius 1 is 1.60 bits per heavy atom. The van der Waals surface area contributed by atoms with Crippen molar-refractivity contribution in [2.75, 3.05) is 13.1 Å². The molecular weight excluding hydrogens is 328 g/mol. The Bertz CT molecular complexity index is 547. The van der Waals surface area contributed by atoms with Crippen LogP contribution in [-0.4, -0.2) is 40.0 Å². The lowest BCUT2D eigenvalue weighted by molar-refractivity contribution is -0.385. The van der Waals surface area contributed by atoms with Gasteiger partial charge in [0.15, 0.2) is 0 Å². The zero-order valence-corrected chi connectivity index (χ0v) is 12.5. The summed E-state index contributed by atoms with van der Waals surface area (Å²) >= 11 is 3.09. The normalized spacial score (nSPS) is 19.9. The van der Waals surface area contributed by atoms with Gasteiger partial charge in [0.25, 0.3) is 11.6 Å². The second-order valence-electron chi connectivity index (χ2n) is 4.96. The summed E-state index contributed by atoms with van der Waals surface area (Å²) in [6.07, 6.45) is 0.300. The molecule has 0 bridgehead atoms. The predicted octanol–water partition coefficient (Wildman–Crippen LogP) is 2.20. The van der Waals surface area contributed by atoms with E-state index >= 15 is 0 Å². The van der Waals surface area contributed by atoms with Gasteiger partial charge in [0.2, 0.25) is 0 Å². The molecule has 2 atom stereocenters. The number of hydrogen-bond donors (Lipinski definition) is 1. The van der Waals surface area contributed by atoms with E-state index < -0.39 is 11.0 Å². The molecule has 0 spiro atoms. The summed E-state index contributed by atoms with van der Waals surface area (Å²) < 4.78 is 0.349. The third-order valence-electron chi connectivity index (χ3n) is 3.58. The molecule has 2 rings (SSSR count). The lowest BCUT2D eigenvalue weighted by atomic mass is 10.0. The monoisotopic (exact) mass is 342 g/mol. The first-order chi connectivity index (χ1) is 9.40. The van der Waals surface area contributed by atoms with Crippen molar-refractivity contribution in [1.82, 2.24) is 4.90 Å². The van der Waals surface area contributed by atoms with Crippen molar-refractivity contribution >= 4 is 27.5 Å². The third kappa shape index (κ3) is 2.99. The van der Waals surface area contributed by atoms with E-state index in [1.807, 2.05) is 0 Å². The maximum Gasteiger partial charge on any atom is 0.284 e. The Morgan fingerprint density at radius 2 is 2.30 bits per heavy atom. The average Bonchev–Trinajstić information content (AvgIpc) is 2.87. The third-order valence-corrected chi connectivity index (χ3v) is 4.25. The number of likely N-dealkylation sites (tertiary alicyclic amines) is 1. The van der Waals surface area contributed by atoms with Crippen molar-refractivity contribution in [3.63, 3.8) is 0 Å². The first kappa shape index (κ1) is 14.9. The van der Waals surface area contributed by atoms with Crippen LogP contribution >= 0.6 is 15.9 Å². The number of amides is 1. The van der Waals surface area contributed by atoms with E-state index in [1.165, 1.54) is 12.1 Å². The smallest absolute Gasteiger partial charge is 0.284 e. The van der Waals surface area contributed by atoms with Crippen molar-refractivity contribution < 1.29 is 14.8 Å². The molecule has 0 saturated carbocycles. The molecule has 1 amide bonds. The van der Waals surface area contributed by atoms with Crippen molar-refractivity contribution in [3.05, 3.63) is 38.3 Å². The summed E-state index contributed by atoms with van der Waals surface area (Å²) in [7, 11) is 0. The van der Waals surface area contributed by atoms with Gasteiger partial charge in [-0.15, -0.1) is 0 Å². The van der Waals surface area contributed by atoms with E-state index in [1.54, 1.807) is 17.9 Å². The number of aliphatic hydroxyl groups is 1. The minimum Gasteiger partial charge on any atom is -0.393 e. The van der Waals surface area contributed by atoms with Crippen LogP contribution in [0.15, 0.2) is 22.7 Å². The molecule has 1 aromatic rings. The first-order valence-corrected chi connectivity index (χ1v) is 7.10. The number of nitrogens with zero attached hydrogens (tertiary/aromatic N) is 2. The average molecular weight is 343 g/mol. The number of hydrogen-bond acceptors (Lipinski definition) is 4. The summed E-state index contributed by atoms with van der Waals surface area (Å²) in [5.41, 5.74) is 0.174. The zero-order valence-electron chi connectivity index (χ0n) is 11.0. The number of nitro benzene ring substituents is 1. The summed E-state index contributed by atoms with van der Waals surface area (Å²) in [4.78, 5) is 24.3. The van der Waals surface area contributed by atoms with Crippen LogP contribution < -0.4 is 0 Å². The van der Waals surface area contributed by atoms with Gasteiger partial charge in [-0.1, -0.05) is 0 Å². The highest BCUT2D eigenvalue weighted by atomic mass is 79.9. The van der Waals surface area contributed by atoms with Crippen LogP contribution in [0.25, 0.3) is 0 Å². The van der Waals surface area contributed by atoms with Gasteiger partial charge in [0.05, 0.1) is 15.5 Å². The van der Waals surface area contributed by atoms with Crippen molar-refractivity contribution in [2.45, 2.75) is 19.4 Å². The molecule has 1 N–H and O–H groups in total. The largest absolute Gasteiger partial charge is 0.393 e. The van der Waals surface area contributed by atoms with E-state index in [-0.39, 0.29) is 17.5 Å². The molecule has 20 heavy (non-hydrogen) atoms. The second kappa shape index (κ2) is 5.88. The summed E-state index contributed by atoms with van der Waals surface area (Å²) in [5, 5.41) is 20.4. The Morgan fingerprint density at radius 3 is 2.85 bits per heavy atom. The lowest BCUT2D eigenvalue weighted by Crippen LogP contribution is -2.30. The van der Waals surface area contributed by atoms with E-state index in [4.69, 9.17) is 0 Å². The molecule has 0 aliphatic carbocycles. The minimum atomic E-state index is -0.524.